The molecule has 0 atom stereocenters. The van der Waals surface area contributed by atoms with Crippen LogP contribution in [0.5, 0.6) is 0 Å². The highest BCUT2D eigenvalue weighted by Crippen LogP contribution is 2.05. The third-order valence-electron chi connectivity index (χ3n) is 3.40. The maximum absolute atomic E-state index is 11.7. The average Bonchev–Trinajstić information content (AvgIpc) is 3.05. The van der Waals surface area contributed by atoms with Crippen LogP contribution < -0.4 is 5.32 Å². The highest BCUT2D eigenvalue weighted by Gasteiger charge is 2.23. The minimum atomic E-state index is -0.235. The lowest BCUT2D eigenvalue weighted by atomic mass is 10.3. The molecule has 1 aliphatic rings. The van der Waals surface area contributed by atoms with E-state index in [-0.39, 0.29) is 30.1 Å². The van der Waals surface area contributed by atoms with Crippen LogP contribution in [0.15, 0.2) is 17.3 Å². The number of carbonyl (C=O) groups excluding carboxylic acids is 1. The number of aromatic amines is 1. The van der Waals surface area contributed by atoms with Gasteiger partial charge >= 0.3 is 6.09 Å². The number of ether oxygens (including phenoxy) is 1. The quantitative estimate of drug-likeness (QED) is 0.422. The molecular formula is C14H25IN6O2. The summed E-state index contributed by atoms with van der Waals surface area (Å²) in [7, 11) is 0. The Hall–Kier alpha value is -1.52. The molecule has 0 bridgehead atoms. The Morgan fingerprint density at radius 2 is 2.04 bits per heavy atom. The third-order valence-corrected chi connectivity index (χ3v) is 3.40. The van der Waals surface area contributed by atoms with Gasteiger partial charge < -0.3 is 19.9 Å². The van der Waals surface area contributed by atoms with Crippen LogP contribution in [0.2, 0.25) is 0 Å². The minimum absolute atomic E-state index is 0. The Labute approximate surface area is 153 Å². The molecule has 1 aromatic rings. The second-order valence-corrected chi connectivity index (χ2v) is 4.93. The third kappa shape index (κ3) is 5.88. The summed E-state index contributed by atoms with van der Waals surface area (Å²) < 4.78 is 5.03. The van der Waals surface area contributed by atoms with Crippen molar-refractivity contribution >= 4 is 36.0 Å². The summed E-state index contributed by atoms with van der Waals surface area (Å²) in [4.78, 5) is 20.2. The van der Waals surface area contributed by atoms with Gasteiger partial charge in [0.2, 0.25) is 0 Å². The first-order valence-electron chi connectivity index (χ1n) is 7.67. The van der Waals surface area contributed by atoms with Gasteiger partial charge in [-0.2, -0.15) is 5.10 Å². The van der Waals surface area contributed by atoms with Gasteiger partial charge in [0.15, 0.2) is 5.96 Å². The molecule has 2 N–H and O–H groups in total. The summed E-state index contributed by atoms with van der Waals surface area (Å²) in [5, 5.41) is 10.1. The van der Waals surface area contributed by atoms with Gasteiger partial charge in [-0.25, -0.2) is 9.79 Å². The van der Waals surface area contributed by atoms with Crippen LogP contribution in [0, 0.1) is 0 Å². The monoisotopic (exact) mass is 436 g/mol. The SMILES string of the molecule is CCNC(=NCc1ccn[nH]1)N1CCN(C(=O)OCC)CC1.I. The lowest BCUT2D eigenvalue weighted by Crippen LogP contribution is -2.53. The van der Waals surface area contributed by atoms with Crippen LogP contribution in [0.3, 0.4) is 0 Å². The molecule has 130 valence electrons. The first-order chi connectivity index (χ1) is 10.7. The first-order valence-corrected chi connectivity index (χ1v) is 7.67. The predicted molar refractivity (Wildman–Crippen MR) is 99.0 cm³/mol. The summed E-state index contributed by atoms with van der Waals surface area (Å²) in [6.07, 6.45) is 1.48. The van der Waals surface area contributed by atoms with Gasteiger partial charge in [0, 0.05) is 38.9 Å². The number of aliphatic imine (C=N–C) groups is 1. The standard InChI is InChI=1S/C14H24N6O2.HI/c1-3-15-13(16-11-12-5-6-17-18-12)19-7-9-20(10-8-19)14(21)22-4-2;/h5-6H,3-4,7-11H2,1-2H3,(H,15,16)(H,17,18);1H. The van der Waals surface area contributed by atoms with Gasteiger partial charge in [0.05, 0.1) is 18.8 Å². The summed E-state index contributed by atoms with van der Waals surface area (Å²) in [5.74, 6) is 0.862. The first kappa shape index (κ1) is 19.5. The predicted octanol–water partition coefficient (Wildman–Crippen LogP) is 1.27. The average molecular weight is 436 g/mol. The number of rotatable bonds is 4. The number of nitrogens with zero attached hydrogens (tertiary/aromatic N) is 4. The van der Waals surface area contributed by atoms with Gasteiger partial charge in [0.1, 0.15) is 0 Å². The minimum Gasteiger partial charge on any atom is -0.450 e. The molecule has 0 unspecified atom stereocenters. The van der Waals surface area contributed by atoms with Gasteiger partial charge in [0.25, 0.3) is 0 Å². The lowest BCUT2D eigenvalue weighted by molar-refractivity contribution is 0.0914. The second kappa shape index (κ2) is 10.3. The molecule has 0 spiro atoms. The number of carbonyl (C=O) groups is 1. The molecule has 0 aromatic carbocycles. The van der Waals surface area contributed by atoms with Gasteiger partial charge in [-0.15, -0.1) is 24.0 Å². The van der Waals surface area contributed by atoms with E-state index in [0.29, 0.717) is 26.2 Å². The Balaban J connectivity index is 0.00000264. The van der Waals surface area contributed by atoms with Crippen molar-refractivity contribution in [3.63, 3.8) is 0 Å². The molecule has 1 saturated heterocycles. The number of amides is 1. The summed E-state index contributed by atoms with van der Waals surface area (Å²) in [5.41, 5.74) is 0.973. The van der Waals surface area contributed by atoms with Crippen molar-refractivity contribution < 1.29 is 9.53 Å². The van der Waals surface area contributed by atoms with E-state index < -0.39 is 0 Å². The van der Waals surface area contributed by atoms with Gasteiger partial charge in [-0.05, 0) is 19.9 Å². The number of piperazine rings is 1. The number of halogens is 1. The topological polar surface area (TPSA) is 85.9 Å². The second-order valence-electron chi connectivity index (χ2n) is 4.93. The fourth-order valence-electron chi connectivity index (χ4n) is 2.27. The van der Waals surface area contributed by atoms with Crippen LogP contribution in [-0.4, -0.2) is 71.4 Å². The van der Waals surface area contributed by atoms with E-state index in [0.717, 1.165) is 31.3 Å². The van der Waals surface area contributed by atoms with Crippen molar-refractivity contribution in [2.24, 2.45) is 4.99 Å². The molecule has 0 radical (unpaired) electrons. The Kier molecular flexibility index (Phi) is 8.74. The molecule has 0 saturated carbocycles. The molecule has 9 heteroatoms. The molecule has 1 aromatic heterocycles. The van der Waals surface area contributed by atoms with Crippen molar-refractivity contribution in [3.05, 3.63) is 18.0 Å². The summed E-state index contributed by atoms with van der Waals surface area (Å²) >= 11 is 0. The summed E-state index contributed by atoms with van der Waals surface area (Å²) in [6, 6.07) is 1.91. The van der Waals surface area contributed by atoms with Crippen molar-refractivity contribution in [2.75, 3.05) is 39.3 Å². The Bertz CT molecular complexity index is 485. The van der Waals surface area contributed by atoms with Crippen LogP contribution in [0.1, 0.15) is 19.5 Å². The van der Waals surface area contributed by atoms with Crippen molar-refractivity contribution in [1.29, 1.82) is 0 Å². The number of aromatic nitrogens is 2. The number of H-pyrrole nitrogens is 1. The number of nitrogens with one attached hydrogen (secondary N) is 2. The maximum Gasteiger partial charge on any atom is 0.409 e. The molecule has 23 heavy (non-hydrogen) atoms. The zero-order valence-electron chi connectivity index (χ0n) is 13.6. The van der Waals surface area contributed by atoms with E-state index in [9.17, 15) is 4.79 Å². The molecule has 1 fully saturated rings. The van der Waals surface area contributed by atoms with E-state index >= 15 is 0 Å². The van der Waals surface area contributed by atoms with Crippen molar-refractivity contribution in [2.45, 2.75) is 20.4 Å². The fraction of sp³-hybridized carbons (Fsp3) is 0.643. The normalized spacial score (nSPS) is 15.1. The van der Waals surface area contributed by atoms with E-state index in [1.54, 1.807) is 11.1 Å². The Morgan fingerprint density at radius 3 is 2.61 bits per heavy atom. The van der Waals surface area contributed by atoms with Crippen molar-refractivity contribution in [3.8, 4) is 0 Å². The van der Waals surface area contributed by atoms with Gasteiger partial charge in [-0.1, -0.05) is 0 Å². The van der Waals surface area contributed by atoms with Crippen LogP contribution in [0.4, 0.5) is 4.79 Å². The highest BCUT2D eigenvalue weighted by atomic mass is 127. The zero-order valence-corrected chi connectivity index (χ0v) is 15.9. The number of hydrogen-bond acceptors (Lipinski definition) is 4. The van der Waals surface area contributed by atoms with Gasteiger partial charge in [-0.3, -0.25) is 5.10 Å². The molecule has 0 aliphatic carbocycles. The fourth-order valence-corrected chi connectivity index (χ4v) is 2.27. The molecule has 8 nitrogen and oxygen atoms in total. The van der Waals surface area contributed by atoms with E-state index in [2.05, 4.69) is 25.4 Å². The number of guanidine groups is 1. The van der Waals surface area contributed by atoms with Crippen LogP contribution >= 0.6 is 24.0 Å². The van der Waals surface area contributed by atoms with E-state index in [1.165, 1.54) is 0 Å². The van der Waals surface area contributed by atoms with Crippen LogP contribution in [0.25, 0.3) is 0 Å². The maximum atomic E-state index is 11.7. The van der Waals surface area contributed by atoms with E-state index in [4.69, 9.17) is 4.74 Å². The zero-order chi connectivity index (χ0) is 15.8. The van der Waals surface area contributed by atoms with Crippen molar-refractivity contribution in [1.82, 2.24) is 25.3 Å². The lowest BCUT2D eigenvalue weighted by Gasteiger charge is -2.35. The van der Waals surface area contributed by atoms with E-state index in [1.807, 2.05) is 19.9 Å². The molecular weight excluding hydrogens is 411 g/mol. The number of hydrogen-bond donors (Lipinski definition) is 2. The molecule has 1 aliphatic heterocycles. The molecule has 2 rings (SSSR count). The molecule has 1 amide bonds. The Morgan fingerprint density at radius 1 is 1.35 bits per heavy atom. The smallest absolute Gasteiger partial charge is 0.409 e. The summed E-state index contributed by atoms with van der Waals surface area (Å²) in [6.45, 7) is 8.41. The highest BCUT2D eigenvalue weighted by molar-refractivity contribution is 14.0. The largest absolute Gasteiger partial charge is 0.450 e. The molecule has 2 heterocycles. The van der Waals surface area contributed by atoms with Crippen LogP contribution in [-0.2, 0) is 11.3 Å².